The van der Waals surface area contributed by atoms with E-state index in [4.69, 9.17) is 5.84 Å². The number of hydrogen-bond donors (Lipinski definition) is 2. The molecule has 0 unspecified atom stereocenters. The lowest BCUT2D eigenvalue weighted by molar-refractivity contribution is 0.0953. The van der Waals surface area contributed by atoms with Crippen molar-refractivity contribution in [3.63, 3.8) is 0 Å². The van der Waals surface area contributed by atoms with E-state index in [1.807, 2.05) is 18.2 Å². The summed E-state index contributed by atoms with van der Waals surface area (Å²) in [6.07, 6.45) is 0. The van der Waals surface area contributed by atoms with Crippen LogP contribution < -0.4 is 15.6 Å². The average molecular weight is 461 g/mol. The fourth-order valence-electron chi connectivity index (χ4n) is 3.55. The van der Waals surface area contributed by atoms with Crippen LogP contribution in [0.15, 0.2) is 54.6 Å². The first-order valence-corrected chi connectivity index (χ1v) is 12.0. The maximum atomic E-state index is 13.5. The lowest BCUT2D eigenvalue weighted by atomic mass is 10.1. The molecule has 0 aliphatic carbocycles. The number of anilines is 1. The van der Waals surface area contributed by atoms with Gasteiger partial charge in [0.1, 0.15) is 0 Å². The first-order valence-electron chi connectivity index (χ1n) is 10.6. The number of benzene rings is 2. The van der Waals surface area contributed by atoms with E-state index in [0.717, 1.165) is 31.7 Å². The Morgan fingerprint density at radius 1 is 1.03 bits per heavy atom. The SMILES string of the molecule is CN1CCN(CCN(C)S(=O)(=O)N(Cc2ccc(C(=O)NN)cc2)c2ccccc2)CC1. The lowest BCUT2D eigenvalue weighted by Crippen LogP contribution is -2.49. The number of hydrogen-bond acceptors (Lipinski definition) is 6. The normalized spacial score (nSPS) is 15.6. The number of para-hydroxylation sites is 1. The van der Waals surface area contributed by atoms with E-state index in [1.54, 1.807) is 43.4 Å². The van der Waals surface area contributed by atoms with E-state index >= 15 is 0 Å². The molecule has 0 radical (unpaired) electrons. The van der Waals surface area contributed by atoms with Crippen molar-refractivity contribution >= 4 is 21.8 Å². The first kappa shape index (κ1) is 24.1. The zero-order valence-electron chi connectivity index (χ0n) is 18.6. The van der Waals surface area contributed by atoms with Crippen LogP contribution in [-0.4, -0.2) is 81.8 Å². The Labute approximate surface area is 190 Å². The second-order valence-corrected chi connectivity index (χ2v) is 9.95. The smallest absolute Gasteiger partial charge is 0.304 e. The zero-order valence-corrected chi connectivity index (χ0v) is 19.5. The van der Waals surface area contributed by atoms with Gasteiger partial charge in [-0.3, -0.25) is 19.4 Å². The highest BCUT2D eigenvalue weighted by molar-refractivity contribution is 7.90. The Bertz CT molecular complexity index is 976. The molecule has 174 valence electrons. The minimum Gasteiger partial charge on any atom is -0.304 e. The van der Waals surface area contributed by atoms with E-state index in [0.29, 0.717) is 24.3 Å². The van der Waals surface area contributed by atoms with Gasteiger partial charge in [0.25, 0.3) is 5.91 Å². The van der Waals surface area contributed by atoms with E-state index < -0.39 is 16.1 Å². The van der Waals surface area contributed by atoms with Crippen LogP contribution >= 0.6 is 0 Å². The lowest BCUT2D eigenvalue weighted by Gasteiger charge is -2.34. The van der Waals surface area contributed by atoms with Crippen molar-refractivity contribution in [2.45, 2.75) is 6.54 Å². The van der Waals surface area contributed by atoms with Crippen molar-refractivity contribution in [3.8, 4) is 0 Å². The number of piperazine rings is 1. The molecule has 32 heavy (non-hydrogen) atoms. The topological polar surface area (TPSA) is 102 Å². The van der Waals surface area contributed by atoms with Crippen LogP contribution in [0.1, 0.15) is 15.9 Å². The maximum absolute atomic E-state index is 13.5. The van der Waals surface area contributed by atoms with Gasteiger partial charge < -0.3 is 4.90 Å². The minimum atomic E-state index is -3.76. The molecule has 2 aromatic carbocycles. The predicted molar refractivity (Wildman–Crippen MR) is 126 cm³/mol. The van der Waals surface area contributed by atoms with Crippen LogP contribution in [0.2, 0.25) is 0 Å². The highest BCUT2D eigenvalue weighted by atomic mass is 32.2. The van der Waals surface area contributed by atoms with E-state index in [9.17, 15) is 13.2 Å². The summed E-state index contributed by atoms with van der Waals surface area (Å²) in [6, 6.07) is 15.8. The summed E-state index contributed by atoms with van der Waals surface area (Å²) < 4.78 is 29.9. The number of carbonyl (C=O) groups excluding carboxylic acids is 1. The van der Waals surface area contributed by atoms with Crippen molar-refractivity contribution < 1.29 is 13.2 Å². The molecule has 1 amide bonds. The molecule has 1 aliphatic rings. The van der Waals surface area contributed by atoms with Crippen molar-refractivity contribution in [3.05, 3.63) is 65.7 Å². The van der Waals surface area contributed by atoms with E-state index in [2.05, 4.69) is 22.3 Å². The summed E-state index contributed by atoms with van der Waals surface area (Å²) in [7, 11) is -0.0458. The monoisotopic (exact) mass is 460 g/mol. The standard InChI is InChI=1S/C22H32N6O3S/c1-25-12-15-27(16-13-25)17-14-26(2)32(30,31)28(21-6-4-3-5-7-21)18-19-8-10-20(11-9-19)22(29)24-23/h3-11H,12-18,23H2,1-2H3,(H,24,29). The summed E-state index contributed by atoms with van der Waals surface area (Å²) in [5.74, 6) is 4.78. The zero-order chi connectivity index (χ0) is 23.1. The number of nitrogen functional groups attached to an aromatic ring is 1. The minimum absolute atomic E-state index is 0.149. The fourth-order valence-corrected chi connectivity index (χ4v) is 4.90. The Kier molecular flexibility index (Phi) is 8.21. The molecule has 3 rings (SSSR count). The fraction of sp³-hybridized carbons (Fsp3) is 0.409. The van der Waals surface area contributed by atoms with E-state index in [-0.39, 0.29) is 6.54 Å². The van der Waals surface area contributed by atoms with Gasteiger partial charge in [-0.1, -0.05) is 30.3 Å². The largest absolute Gasteiger partial charge is 0.304 e. The summed E-state index contributed by atoms with van der Waals surface area (Å²) >= 11 is 0. The van der Waals surface area contributed by atoms with Gasteiger partial charge in [-0.15, -0.1) is 0 Å². The molecule has 0 aromatic heterocycles. The maximum Gasteiger partial charge on any atom is 0.304 e. The second-order valence-electron chi connectivity index (χ2n) is 7.99. The molecule has 1 heterocycles. The average Bonchev–Trinajstić information content (AvgIpc) is 2.82. The van der Waals surface area contributed by atoms with Crippen LogP contribution in [-0.2, 0) is 16.8 Å². The van der Waals surface area contributed by atoms with E-state index in [1.165, 1.54) is 8.61 Å². The van der Waals surface area contributed by atoms with Gasteiger partial charge in [0.2, 0.25) is 0 Å². The molecule has 3 N–H and O–H groups in total. The summed E-state index contributed by atoms with van der Waals surface area (Å²) in [4.78, 5) is 16.2. The molecule has 0 saturated carbocycles. The number of nitrogens with one attached hydrogen (secondary N) is 1. The summed E-state index contributed by atoms with van der Waals surface area (Å²) in [5, 5.41) is 0. The highest BCUT2D eigenvalue weighted by Gasteiger charge is 2.28. The van der Waals surface area contributed by atoms with Gasteiger partial charge in [-0.25, -0.2) is 5.84 Å². The third kappa shape index (κ3) is 6.05. The van der Waals surface area contributed by atoms with Gasteiger partial charge in [0, 0.05) is 51.9 Å². The number of amides is 1. The Morgan fingerprint density at radius 2 is 1.66 bits per heavy atom. The molecule has 1 saturated heterocycles. The molecular weight excluding hydrogens is 428 g/mol. The van der Waals surface area contributed by atoms with Crippen molar-refractivity contribution in [1.82, 2.24) is 19.5 Å². The molecule has 0 spiro atoms. The summed E-state index contributed by atoms with van der Waals surface area (Å²) in [5.41, 5.74) is 3.85. The van der Waals surface area contributed by atoms with Gasteiger partial charge in [0.15, 0.2) is 0 Å². The van der Waals surface area contributed by atoms with Gasteiger partial charge >= 0.3 is 10.2 Å². The van der Waals surface area contributed by atoms with Crippen LogP contribution in [0, 0.1) is 0 Å². The Morgan fingerprint density at radius 3 is 2.25 bits per heavy atom. The number of likely N-dealkylation sites (N-methyl/N-ethyl adjacent to an activating group) is 2. The molecule has 0 bridgehead atoms. The predicted octanol–water partition coefficient (Wildman–Crippen LogP) is 0.721. The van der Waals surface area contributed by atoms with Gasteiger partial charge in [0.05, 0.1) is 12.2 Å². The Balaban J connectivity index is 1.76. The molecule has 2 aromatic rings. The molecular formula is C22H32N6O3S. The molecule has 0 atom stereocenters. The quantitative estimate of drug-likeness (QED) is 0.325. The Hall–Kier alpha value is -2.50. The van der Waals surface area contributed by atoms with Crippen LogP contribution in [0.5, 0.6) is 0 Å². The van der Waals surface area contributed by atoms with Crippen molar-refractivity contribution in [2.24, 2.45) is 5.84 Å². The second kappa shape index (κ2) is 10.9. The van der Waals surface area contributed by atoms with Crippen LogP contribution in [0.25, 0.3) is 0 Å². The molecule has 1 fully saturated rings. The molecule has 1 aliphatic heterocycles. The third-order valence-electron chi connectivity index (χ3n) is 5.72. The third-order valence-corrected chi connectivity index (χ3v) is 7.58. The van der Waals surface area contributed by atoms with Crippen molar-refractivity contribution in [1.29, 1.82) is 0 Å². The van der Waals surface area contributed by atoms with Crippen LogP contribution in [0.3, 0.4) is 0 Å². The number of rotatable bonds is 9. The summed E-state index contributed by atoms with van der Waals surface area (Å²) in [6.45, 7) is 5.11. The number of carbonyl (C=O) groups is 1. The number of nitrogens with two attached hydrogens (primary N) is 1. The molecule has 9 nitrogen and oxygen atoms in total. The number of hydrazine groups is 1. The van der Waals surface area contributed by atoms with Gasteiger partial charge in [-0.05, 0) is 36.9 Å². The molecule has 10 heteroatoms. The van der Waals surface area contributed by atoms with Gasteiger partial charge in [-0.2, -0.15) is 12.7 Å². The first-order chi connectivity index (χ1) is 15.3. The van der Waals surface area contributed by atoms with Crippen molar-refractivity contribution in [2.75, 3.05) is 57.7 Å². The van der Waals surface area contributed by atoms with Crippen LogP contribution in [0.4, 0.5) is 5.69 Å². The highest BCUT2D eigenvalue weighted by Crippen LogP contribution is 2.23. The number of nitrogens with zero attached hydrogens (tertiary/aromatic N) is 4.